The van der Waals surface area contributed by atoms with Crippen LogP contribution in [0.15, 0.2) is 48.5 Å². The summed E-state index contributed by atoms with van der Waals surface area (Å²) >= 11 is 0. The van der Waals surface area contributed by atoms with Crippen molar-refractivity contribution in [1.82, 2.24) is 4.90 Å². The van der Waals surface area contributed by atoms with Crippen LogP contribution in [-0.2, 0) is 0 Å². The molecule has 1 fully saturated rings. The molecule has 5 nitrogen and oxygen atoms in total. The number of carbonyl (C=O) groups is 1. The van der Waals surface area contributed by atoms with E-state index in [4.69, 9.17) is 4.74 Å². The van der Waals surface area contributed by atoms with Crippen LogP contribution >= 0.6 is 0 Å². The third-order valence-corrected chi connectivity index (χ3v) is 4.38. The fraction of sp³-hybridized carbons (Fsp3) is 0.350. The highest BCUT2D eigenvalue weighted by molar-refractivity contribution is 5.89. The van der Waals surface area contributed by atoms with Gasteiger partial charge >= 0.3 is 6.03 Å². The van der Waals surface area contributed by atoms with Crippen molar-refractivity contribution in [2.24, 2.45) is 0 Å². The third-order valence-electron chi connectivity index (χ3n) is 4.38. The fourth-order valence-corrected chi connectivity index (χ4v) is 2.99. The lowest BCUT2D eigenvalue weighted by Crippen LogP contribution is -2.50. The van der Waals surface area contributed by atoms with Gasteiger partial charge in [-0.15, -0.1) is 0 Å². The van der Waals surface area contributed by atoms with E-state index in [1.54, 1.807) is 0 Å². The second-order valence-corrected chi connectivity index (χ2v) is 6.17. The molecule has 0 bridgehead atoms. The van der Waals surface area contributed by atoms with Crippen molar-refractivity contribution in [2.75, 3.05) is 43.0 Å². The van der Waals surface area contributed by atoms with Crippen LogP contribution in [-0.4, -0.2) is 43.7 Å². The molecular weight excluding hydrogens is 314 g/mol. The average Bonchev–Trinajstić information content (AvgIpc) is 2.64. The monoisotopic (exact) mass is 339 g/mol. The number of piperazine rings is 1. The minimum atomic E-state index is -0.0402. The lowest BCUT2D eigenvalue weighted by molar-refractivity contribution is 0.208. The van der Waals surface area contributed by atoms with Crippen molar-refractivity contribution in [1.29, 1.82) is 0 Å². The number of benzene rings is 2. The molecule has 3 rings (SSSR count). The van der Waals surface area contributed by atoms with Gasteiger partial charge in [-0.1, -0.05) is 29.8 Å². The molecule has 1 aliphatic heterocycles. The molecule has 1 N–H and O–H groups in total. The number of ether oxygens (including phenoxy) is 1. The molecule has 0 aliphatic carbocycles. The normalized spacial score (nSPS) is 14.3. The summed E-state index contributed by atoms with van der Waals surface area (Å²) in [7, 11) is 0. The summed E-state index contributed by atoms with van der Waals surface area (Å²) in [4.78, 5) is 16.6. The second kappa shape index (κ2) is 7.92. The number of nitrogens with zero attached hydrogens (tertiary/aromatic N) is 2. The zero-order chi connectivity index (χ0) is 17.6. The molecule has 0 unspecified atom stereocenters. The minimum Gasteiger partial charge on any atom is -0.492 e. The van der Waals surface area contributed by atoms with Crippen molar-refractivity contribution in [3.63, 3.8) is 0 Å². The van der Waals surface area contributed by atoms with Gasteiger partial charge in [0.25, 0.3) is 0 Å². The molecular formula is C20H25N3O2. The number of nitrogens with one attached hydrogen (secondary N) is 1. The summed E-state index contributed by atoms with van der Waals surface area (Å²) in [5, 5.41) is 2.97. The van der Waals surface area contributed by atoms with Crippen molar-refractivity contribution < 1.29 is 9.53 Å². The molecule has 0 spiro atoms. The molecule has 1 saturated heterocycles. The lowest BCUT2D eigenvalue weighted by atomic mass is 10.2. The summed E-state index contributed by atoms with van der Waals surface area (Å²) in [6.07, 6.45) is 0. The van der Waals surface area contributed by atoms with E-state index in [2.05, 4.69) is 16.3 Å². The van der Waals surface area contributed by atoms with Crippen LogP contribution in [0.1, 0.15) is 12.5 Å². The van der Waals surface area contributed by atoms with E-state index in [1.165, 1.54) is 5.56 Å². The van der Waals surface area contributed by atoms with Gasteiger partial charge in [0.1, 0.15) is 5.75 Å². The Morgan fingerprint density at radius 2 is 1.72 bits per heavy atom. The Kier molecular flexibility index (Phi) is 5.43. The van der Waals surface area contributed by atoms with E-state index < -0.39 is 0 Å². The van der Waals surface area contributed by atoms with Gasteiger partial charge in [-0.25, -0.2) is 4.79 Å². The van der Waals surface area contributed by atoms with Crippen LogP contribution in [0.3, 0.4) is 0 Å². The van der Waals surface area contributed by atoms with Crippen molar-refractivity contribution >= 4 is 17.4 Å². The number of carbonyl (C=O) groups excluding carboxylic acids is 1. The third kappa shape index (κ3) is 4.24. The van der Waals surface area contributed by atoms with E-state index >= 15 is 0 Å². The number of hydrogen-bond acceptors (Lipinski definition) is 3. The van der Waals surface area contributed by atoms with Gasteiger partial charge in [0.2, 0.25) is 0 Å². The quantitative estimate of drug-likeness (QED) is 0.923. The molecule has 0 aromatic heterocycles. The Labute approximate surface area is 149 Å². The van der Waals surface area contributed by atoms with E-state index in [9.17, 15) is 4.79 Å². The van der Waals surface area contributed by atoms with Gasteiger partial charge in [0, 0.05) is 31.9 Å². The molecule has 1 aliphatic rings. The van der Waals surface area contributed by atoms with Gasteiger partial charge in [-0.2, -0.15) is 0 Å². The highest BCUT2D eigenvalue weighted by Crippen LogP contribution is 2.28. The highest BCUT2D eigenvalue weighted by Gasteiger charge is 2.22. The topological polar surface area (TPSA) is 44.8 Å². The number of urea groups is 1. The van der Waals surface area contributed by atoms with Gasteiger partial charge in [0.15, 0.2) is 0 Å². The highest BCUT2D eigenvalue weighted by atomic mass is 16.5. The van der Waals surface area contributed by atoms with Crippen molar-refractivity contribution in [3.05, 3.63) is 54.1 Å². The van der Waals surface area contributed by atoms with Gasteiger partial charge in [-0.05, 0) is 38.1 Å². The molecule has 132 valence electrons. The van der Waals surface area contributed by atoms with E-state index in [0.29, 0.717) is 19.7 Å². The number of amides is 2. The van der Waals surface area contributed by atoms with Crippen molar-refractivity contribution in [3.8, 4) is 5.75 Å². The predicted octanol–water partition coefficient (Wildman–Crippen LogP) is 3.75. The standard InChI is InChI=1S/C20H25N3O2/c1-3-25-19-7-5-4-6-18(19)22-12-14-23(15-13-22)20(24)21-17-10-8-16(2)9-11-17/h4-11H,3,12-15H2,1-2H3,(H,21,24). The number of aryl methyl sites for hydroxylation is 1. The zero-order valence-corrected chi connectivity index (χ0v) is 14.9. The van der Waals surface area contributed by atoms with Gasteiger partial charge in [0.05, 0.1) is 12.3 Å². The average molecular weight is 339 g/mol. The summed E-state index contributed by atoms with van der Waals surface area (Å²) in [5.74, 6) is 0.905. The largest absolute Gasteiger partial charge is 0.492 e. The van der Waals surface area contributed by atoms with Gasteiger partial charge < -0.3 is 19.9 Å². The van der Waals surface area contributed by atoms with Crippen molar-refractivity contribution in [2.45, 2.75) is 13.8 Å². The molecule has 0 saturated carbocycles. The molecule has 0 radical (unpaired) electrons. The molecule has 0 atom stereocenters. The zero-order valence-electron chi connectivity index (χ0n) is 14.9. The second-order valence-electron chi connectivity index (χ2n) is 6.17. The van der Waals surface area contributed by atoms with E-state index in [0.717, 1.165) is 30.2 Å². The molecule has 2 aromatic rings. The number of rotatable bonds is 4. The lowest BCUT2D eigenvalue weighted by Gasteiger charge is -2.36. The maximum absolute atomic E-state index is 12.4. The Balaban J connectivity index is 1.58. The molecule has 1 heterocycles. The Morgan fingerprint density at radius 1 is 1.04 bits per heavy atom. The maximum atomic E-state index is 12.4. The van der Waals surface area contributed by atoms with Crippen LogP contribution < -0.4 is 15.0 Å². The smallest absolute Gasteiger partial charge is 0.321 e. The van der Waals surface area contributed by atoms with E-state index in [1.807, 2.05) is 61.2 Å². The van der Waals surface area contributed by atoms with Crippen LogP contribution in [0.5, 0.6) is 5.75 Å². The first kappa shape index (κ1) is 17.1. The Hall–Kier alpha value is -2.69. The van der Waals surface area contributed by atoms with Crippen LogP contribution in [0.4, 0.5) is 16.2 Å². The summed E-state index contributed by atoms with van der Waals surface area (Å²) < 4.78 is 5.72. The van der Waals surface area contributed by atoms with Crippen LogP contribution in [0.25, 0.3) is 0 Å². The first-order valence-electron chi connectivity index (χ1n) is 8.76. The summed E-state index contributed by atoms with van der Waals surface area (Å²) in [6.45, 7) is 7.65. The number of anilines is 2. The van der Waals surface area contributed by atoms with Crippen LogP contribution in [0.2, 0.25) is 0 Å². The first-order valence-corrected chi connectivity index (χ1v) is 8.76. The summed E-state index contributed by atoms with van der Waals surface area (Å²) in [5.41, 5.74) is 3.11. The molecule has 2 aromatic carbocycles. The minimum absolute atomic E-state index is 0.0402. The summed E-state index contributed by atoms with van der Waals surface area (Å²) in [6, 6.07) is 15.9. The molecule has 5 heteroatoms. The SMILES string of the molecule is CCOc1ccccc1N1CCN(C(=O)Nc2ccc(C)cc2)CC1. The first-order chi connectivity index (χ1) is 12.2. The van der Waals surface area contributed by atoms with E-state index in [-0.39, 0.29) is 6.03 Å². The van der Waals surface area contributed by atoms with Crippen LogP contribution in [0, 0.1) is 6.92 Å². The fourth-order valence-electron chi connectivity index (χ4n) is 2.99. The number of para-hydroxylation sites is 2. The number of hydrogen-bond donors (Lipinski definition) is 1. The molecule has 25 heavy (non-hydrogen) atoms. The molecule has 2 amide bonds. The van der Waals surface area contributed by atoms with Gasteiger partial charge in [-0.3, -0.25) is 0 Å². The maximum Gasteiger partial charge on any atom is 0.321 e. The predicted molar refractivity (Wildman–Crippen MR) is 102 cm³/mol. The Bertz CT molecular complexity index is 707. The Morgan fingerprint density at radius 3 is 2.40 bits per heavy atom.